The fourth-order valence-corrected chi connectivity index (χ4v) is 1.65. The summed E-state index contributed by atoms with van der Waals surface area (Å²) in [7, 11) is 0. The lowest BCUT2D eigenvalue weighted by atomic mass is 10.0. The van der Waals surface area contributed by atoms with E-state index in [-0.39, 0.29) is 11.8 Å². The smallest absolute Gasteiger partial charge is 0.322 e. The zero-order valence-corrected chi connectivity index (χ0v) is 9.19. The molecule has 1 amide bonds. The number of amides is 1. The lowest BCUT2D eigenvalue weighted by molar-refractivity contribution is -0.143. The van der Waals surface area contributed by atoms with E-state index in [0.717, 1.165) is 6.42 Å². The highest BCUT2D eigenvalue weighted by molar-refractivity contribution is 5.79. The van der Waals surface area contributed by atoms with E-state index in [1.807, 2.05) is 13.8 Å². The second-order valence-electron chi connectivity index (χ2n) is 4.30. The SMILES string of the molecule is CC(C)C[C@H](NN1CCCC1=O)C(=O)O. The van der Waals surface area contributed by atoms with Gasteiger partial charge in [0.2, 0.25) is 5.91 Å². The molecule has 1 fully saturated rings. The molecule has 1 aliphatic rings. The van der Waals surface area contributed by atoms with E-state index in [0.29, 0.717) is 19.4 Å². The maximum Gasteiger partial charge on any atom is 0.322 e. The quantitative estimate of drug-likeness (QED) is 0.703. The molecule has 0 radical (unpaired) electrons. The molecule has 1 saturated heterocycles. The molecule has 0 aromatic heterocycles. The van der Waals surface area contributed by atoms with Crippen LogP contribution >= 0.6 is 0 Å². The van der Waals surface area contributed by atoms with Gasteiger partial charge in [0, 0.05) is 13.0 Å². The van der Waals surface area contributed by atoms with Crippen molar-refractivity contribution in [1.82, 2.24) is 10.4 Å². The number of rotatable bonds is 5. The molecular weight excluding hydrogens is 196 g/mol. The van der Waals surface area contributed by atoms with Crippen molar-refractivity contribution in [2.24, 2.45) is 5.92 Å². The molecular formula is C10H18N2O3. The van der Waals surface area contributed by atoms with E-state index in [2.05, 4.69) is 5.43 Å². The standard InChI is InChI=1S/C10H18N2O3/c1-7(2)6-8(10(14)15)11-12-5-3-4-9(12)13/h7-8,11H,3-6H2,1-2H3,(H,14,15)/t8-/m0/s1. The Labute approximate surface area is 89.4 Å². The minimum atomic E-state index is -0.900. The predicted octanol–water partition coefficient (Wildman–Crippen LogP) is 0.613. The summed E-state index contributed by atoms with van der Waals surface area (Å²) in [6.07, 6.45) is 1.85. The number of carbonyl (C=O) groups excluding carboxylic acids is 1. The topological polar surface area (TPSA) is 69.6 Å². The maximum atomic E-state index is 11.3. The number of hydrogen-bond donors (Lipinski definition) is 2. The highest BCUT2D eigenvalue weighted by atomic mass is 16.4. The average Bonchev–Trinajstić information content (AvgIpc) is 2.50. The van der Waals surface area contributed by atoms with E-state index < -0.39 is 12.0 Å². The first-order valence-electron chi connectivity index (χ1n) is 5.30. The van der Waals surface area contributed by atoms with Crippen LogP contribution in [-0.2, 0) is 9.59 Å². The van der Waals surface area contributed by atoms with Gasteiger partial charge in [-0.05, 0) is 18.8 Å². The Morgan fingerprint density at radius 3 is 2.67 bits per heavy atom. The maximum absolute atomic E-state index is 11.3. The van der Waals surface area contributed by atoms with Crippen LogP contribution in [0.1, 0.15) is 33.1 Å². The number of hydrazine groups is 1. The van der Waals surface area contributed by atoms with Gasteiger partial charge in [0.15, 0.2) is 0 Å². The van der Waals surface area contributed by atoms with Crippen LogP contribution in [-0.4, -0.2) is 34.6 Å². The summed E-state index contributed by atoms with van der Waals surface area (Å²) in [5.41, 5.74) is 2.78. The summed E-state index contributed by atoms with van der Waals surface area (Å²) in [4.78, 5) is 22.2. The Kier molecular flexibility index (Phi) is 4.08. The van der Waals surface area contributed by atoms with E-state index in [1.54, 1.807) is 0 Å². The molecule has 2 N–H and O–H groups in total. The van der Waals surface area contributed by atoms with Gasteiger partial charge in [-0.3, -0.25) is 14.6 Å². The van der Waals surface area contributed by atoms with Gasteiger partial charge < -0.3 is 5.11 Å². The second kappa shape index (κ2) is 5.11. The molecule has 86 valence electrons. The molecule has 0 aromatic rings. The van der Waals surface area contributed by atoms with Gasteiger partial charge >= 0.3 is 5.97 Å². The fraction of sp³-hybridized carbons (Fsp3) is 0.800. The number of nitrogens with zero attached hydrogens (tertiary/aromatic N) is 1. The van der Waals surface area contributed by atoms with Crippen LogP contribution in [0.5, 0.6) is 0 Å². The average molecular weight is 214 g/mol. The number of carbonyl (C=O) groups is 2. The predicted molar refractivity (Wildman–Crippen MR) is 55.0 cm³/mol. The van der Waals surface area contributed by atoms with Crippen molar-refractivity contribution in [2.75, 3.05) is 6.54 Å². The summed E-state index contributed by atoms with van der Waals surface area (Å²) < 4.78 is 0. The zero-order chi connectivity index (χ0) is 11.4. The second-order valence-corrected chi connectivity index (χ2v) is 4.30. The molecule has 0 spiro atoms. The third kappa shape index (κ3) is 3.51. The van der Waals surface area contributed by atoms with Crippen molar-refractivity contribution < 1.29 is 14.7 Å². The zero-order valence-electron chi connectivity index (χ0n) is 9.19. The number of aliphatic carboxylic acids is 1. The number of carboxylic acids is 1. The summed E-state index contributed by atoms with van der Waals surface area (Å²) in [6, 6.07) is -0.660. The molecule has 1 aliphatic heterocycles. The molecule has 0 aromatic carbocycles. The summed E-state index contributed by atoms with van der Waals surface area (Å²) in [5, 5.41) is 10.4. The van der Waals surface area contributed by atoms with Crippen LogP contribution < -0.4 is 5.43 Å². The third-order valence-electron chi connectivity index (χ3n) is 2.39. The van der Waals surface area contributed by atoms with Crippen LogP contribution in [0, 0.1) is 5.92 Å². The number of hydrogen-bond acceptors (Lipinski definition) is 3. The third-order valence-corrected chi connectivity index (χ3v) is 2.39. The Hall–Kier alpha value is -1.10. The van der Waals surface area contributed by atoms with Crippen molar-refractivity contribution in [3.05, 3.63) is 0 Å². The summed E-state index contributed by atoms with van der Waals surface area (Å²) in [5.74, 6) is -0.621. The lowest BCUT2D eigenvalue weighted by Crippen LogP contribution is -2.49. The molecule has 1 heterocycles. The van der Waals surface area contributed by atoms with Crippen molar-refractivity contribution in [3.8, 4) is 0 Å². The van der Waals surface area contributed by atoms with Crippen LogP contribution in [0.3, 0.4) is 0 Å². The molecule has 1 atom stereocenters. The Morgan fingerprint density at radius 2 is 2.27 bits per heavy atom. The first-order valence-corrected chi connectivity index (χ1v) is 5.30. The molecule has 1 rings (SSSR count). The van der Waals surface area contributed by atoms with Gasteiger partial charge in [-0.2, -0.15) is 0 Å². The van der Waals surface area contributed by atoms with Crippen molar-refractivity contribution in [1.29, 1.82) is 0 Å². The van der Waals surface area contributed by atoms with Crippen LogP contribution in [0.15, 0.2) is 0 Å². The van der Waals surface area contributed by atoms with E-state index in [9.17, 15) is 9.59 Å². The largest absolute Gasteiger partial charge is 0.480 e. The first-order chi connectivity index (χ1) is 7.00. The van der Waals surface area contributed by atoms with Gasteiger partial charge in [0.1, 0.15) is 6.04 Å². The Morgan fingerprint density at radius 1 is 1.60 bits per heavy atom. The van der Waals surface area contributed by atoms with Crippen LogP contribution in [0.2, 0.25) is 0 Å². The van der Waals surface area contributed by atoms with Crippen molar-refractivity contribution in [2.45, 2.75) is 39.2 Å². The van der Waals surface area contributed by atoms with Crippen molar-refractivity contribution in [3.63, 3.8) is 0 Å². The van der Waals surface area contributed by atoms with Crippen molar-refractivity contribution >= 4 is 11.9 Å². The van der Waals surface area contributed by atoms with Crippen LogP contribution in [0.25, 0.3) is 0 Å². The fourth-order valence-electron chi connectivity index (χ4n) is 1.65. The molecule has 0 bridgehead atoms. The molecule has 15 heavy (non-hydrogen) atoms. The van der Waals surface area contributed by atoms with Gasteiger partial charge in [0.05, 0.1) is 0 Å². The lowest BCUT2D eigenvalue weighted by Gasteiger charge is -2.23. The number of nitrogens with one attached hydrogen (secondary N) is 1. The minimum absolute atomic E-state index is 0.00925. The highest BCUT2D eigenvalue weighted by Gasteiger charge is 2.26. The van der Waals surface area contributed by atoms with E-state index >= 15 is 0 Å². The van der Waals surface area contributed by atoms with E-state index in [4.69, 9.17) is 5.11 Å². The molecule has 0 aliphatic carbocycles. The van der Waals surface area contributed by atoms with Gasteiger partial charge in [-0.15, -0.1) is 0 Å². The Balaban J connectivity index is 2.50. The molecule has 5 heteroatoms. The molecule has 5 nitrogen and oxygen atoms in total. The van der Waals surface area contributed by atoms with E-state index in [1.165, 1.54) is 5.01 Å². The molecule has 0 saturated carbocycles. The normalized spacial score (nSPS) is 18.6. The monoisotopic (exact) mass is 214 g/mol. The molecule has 0 unspecified atom stereocenters. The van der Waals surface area contributed by atoms with Crippen LogP contribution in [0.4, 0.5) is 0 Å². The highest BCUT2D eigenvalue weighted by Crippen LogP contribution is 2.10. The summed E-state index contributed by atoms with van der Waals surface area (Å²) >= 11 is 0. The van der Waals surface area contributed by atoms with Gasteiger partial charge in [-0.1, -0.05) is 13.8 Å². The summed E-state index contributed by atoms with van der Waals surface area (Å²) in [6.45, 7) is 4.54. The van der Waals surface area contributed by atoms with Gasteiger partial charge in [-0.25, -0.2) is 5.43 Å². The Bertz CT molecular complexity index is 253. The van der Waals surface area contributed by atoms with Gasteiger partial charge in [0.25, 0.3) is 0 Å². The first kappa shape index (κ1) is 12.0. The number of carboxylic acid groups (broad SMARTS) is 1. The minimum Gasteiger partial charge on any atom is -0.480 e.